The van der Waals surface area contributed by atoms with Crippen molar-refractivity contribution in [3.05, 3.63) is 59.7 Å². The number of benzene rings is 1. The Morgan fingerprint density at radius 3 is 2.88 bits per heavy atom. The fourth-order valence-corrected chi connectivity index (χ4v) is 5.20. The van der Waals surface area contributed by atoms with Crippen molar-refractivity contribution >= 4 is 37.0 Å². The third kappa shape index (κ3) is 4.71. The van der Waals surface area contributed by atoms with Crippen LogP contribution in [0.3, 0.4) is 0 Å². The zero-order valence-corrected chi connectivity index (χ0v) is 20.4. The molecule has 5 rings (SSSR count). The molecule has 3 aromatic heterocycles. The molecular weight excluding hydrogens is 479 g/mol. The Labute approximate surface area is 199 Å². The van der Waals surface area contributed by atoms with Crippen LogP contribution in [0.4, 0.5) is 5.69 Å². The summed E-state index contributed by atoms with van der Waals surface area (Å²) in [7, 11) is 0. The summed E-state index contributed by atoms with van der Waals surface area (Å²) >= 11 is 0.307. The summed E-state index contributed by atoms with van der Waals surface area (Å²) in [6, 6.07) is 8.21. The Bertz CT molecular complexity index is 1290. The van der Waals surface area contributed by atoms with E-state index in [-0.39, 0.29) is 0 Å². The minimum absolute atomic E-state index is 0.307. The van der Waals surface area contributed by atoms with Gasteiger partial charge in [0.15, 0.2) is 0 Å². The molecule has 0 bridgehead atoms. The third-order valence-electron chi connectivity index (χ3n) is 6.25. The summed E-state index contributed by atoms with van der Waals surface area (Å²) in [5.74, 6) is 3.00. The van der Waals surface area contributed by atoms with Crippen molar-refractivity contribution in [2.24, 2.45) is 5.92 Å². The summed E-state index contributed by atoms with van der Waals surface area (Å²) in [6.45, 7) is 2.51. The molecule has 3 heterocycles. The van der Waals surface area contributed by atoms with Crippen LogP contribution in [0.2, 0.25) is 5.82 Å². The maximum atomic E-state index is 7.77. The average molecular weight is 508 g/mol. The molecule has 8 nitrogen and oxygen atoms in total. The first-order valence-electron chi connectivity index (χ1n) is 11.2. The number of anilines is 1. The number of rotatable bonds is 9. The summed E-state index contributed by atoms with van der Waals surface area (Å²) < 4.78 is 5.04. The van der Waals surface area contributed by atoms with Gasteiger partial charge in [0, 0.05) is 6.54 Å². The van der Waals surface area contributed by atoms with E-state index in [1.165, 1.54) is 35.5 Å². The number of aromatic nitrogens is 5. The van der Waals surface area contributed by atoms with Gasteiger partial charge in [0.05, 0.1) is 0 Å². The number of nitrogens with one attached hydrogen (secondary N) is 2. The number of nitrogen functional groups attached to an aromatic ring is 1. The van der Waals surface area contributed by atoms with Crippen LogP contribution in [0.15, 0.2) is 42.9 Å². The number of imidazole rings is 1. The Morgan fingerprint density at radius 1 is 1.24 bits per heavy atom. The van der Waals surface area contributed by atoms with Gasteiger partial charge in [-0.2, -0.15) is 0 Å². The third-order valence-corrected chi connectivity index (χ3v) is 7.74. The Hall–Kier alpha value is -3.00. The SMILES string of the molecule is C[Se]c1cc(N)c(C=N)c(-c2cn(Cc3cn4cc(CNCC5CCC5)ccc4n3)nn2)c1. The molecule has 0 unspecified atom stereocenters. The fraction of sp³-hybridized carbons (Fsp3) is 0.333. The van der Waals surface area contributed by atoms with E-state index in [0.717, 1.165) is 41.6 Å². The first kappa shape index (κ1) is 21.8. The second-order valence-corrected chi connectivity index (χ2v) is 10.4. The normalized spacial score (nSPS) is 14.0. The fourth-order valence-electron chi connectivity index (χ4n) is 4.19. The van der Waals surface area contributed by atoms with Crippen LogP contribution in [0.5, 0.6) is 0 Å². The van der Waals surface area contributed by atoms with Gasteiger partial charge in [-0.15, -0.1) is 0 Å². The van der Waals surface area contributed by atoms with E-state index in [1.807, 2.05) is 18.5 Å². The van der Waals surface area contributed by atoms with Crippen molar-refractivity contribution in [3.8, 4) is 11.3 Å². The van der Waals surface area contributed by atoms with Gasteiger partial charge < -0.3 is 5.32 Å². The van der Waals surface area contributed by atoms with Crippen LogP contribution in [-0.2, 0) is 13.1 Å². The second kappa shape index (κ2) is 9.47. The first-order chi connectivity index (χ1) is 16.1. The van der Waals surface area contributed by atoms with Crippen molar-refractivity contribution in [2.45, 2.75) is 38.2 Å². The number of nitrogens with two attached hydrogens (primary N) is 1. The Kier molecular flexibility index (Phi) is 6.26. The molecule has 170 valence electrons. The Balaban J connectivity index is 1.31. The standard InChI is InChI=1S/C24H28N8Se/c1-33-19-7-20(21(9-25)22(26)8-19)23-15-32(30-29-23)14-18-13-31-12-17(5-6-24(31)28-18)11-27-10-16-3-2-4-16/h5-9,12-13,15-16,25,27H,2-4,10-11,14,26H2,1H3. The summed E-state index contributed by atoms with van der Waals surface area (Å²) in [4.78, 5) is 4.74. The molecule has 0 amide bonds. The predicted octanol–water partition coefficient (Wildman–Crippen LogP) is 2.49. The van der Waals surface area contributed by atoms with Gasteiger partial charge in [-0.05, 0) is 25.3 Å². The first-order valence-corrected chi connectivity index (χ1v) is 13.8. The predicted molar refractivity (Wildman–Crippen MR) is 132 cm³/mol. The molecule has 1 fully saturated rings. The van der Waals surface area contributed by atoms with E-state index >= 15 is 0 Å². The van der Waals surface area contributed by atoms with Crippen LogP contribution < -0.4 is 15.5 Å². The van der Waals surface area contributed by atoms with Gasteiger partial charge in [-0.1, -0.05) is 6.42 Å². The monoisotopic (exact) mass is 508 g/mol. The number of hydrogen-bond donors (Lipinski definition) is 3. The van der Waals surface area contributed by atoms with Crippen LogP contribution >= 0.6 is 0 Å². The van der Waals surface area contributed by atoms with Crippen molar-refractivity contribution in [2.75, 3.05) is 12.3 Å². The van der Waals surface area contributed by atoms with Gasteiger partial charge in [-0.3, -0.25) is 0 Å². The summed E-state index contributed by atoms with van der Waals surface area (Å²) in [5.41, 5.74) is 12.1. The molecule has 33 heavy (non-hydrogen) atoms. The molecule has 0 atom stereocenters. The number of pyridine rings is 1. The van der Waals surface area contributed by atoms with Crippen LogP contribution in [0.25, 0.3) is 16.9 Å². The van der Waals surface area contributed by atoms with E-state index in [0.29, 0.717) is 32.8 Å². The quantitative estimate of drug-likeness (QED) is 0.183. The number of fused-ring (bicyclic) bond motifs is 1. The number of hydrogen-bond acceptors (Lipinski definition) is 6. The van der Waals surface area contributed by atoms with E-state index in [9.17, 15) is 0 Å². The molecule has 1 aliphatic carbocycles. The average Bonchev–Trinajstić information content (AvgIpc) is 3.41. The molecule has 0 spiro atoms. The van der Waals surface area contributed by atoms with Crippen molar-refractivity contribution in [1.29, 1.82) is 5.41 Å². The van der Waals surface area contributed by atoms with E-state index in [2.05, 4.69) is 50.2 Å². The molecule has 1 aliphatic rings. The molecule has 4 N–H and O–H groups in total. The van der Waals surface area contributed by atoms with Gasteiger partial charge in [-0.25, -0.2) is 0 Å². The van der Waals surface area contributed by atoms with Crippen molar-refractivity contribution in [1.82, 2.24) is 29.7 Å². The Morgan fingerprint density at radius 2 is 2.12 bits per heavy atom. The van der Waals surface area contributed by atoms with Gasteiger partial charge in [0.1, 0.15) is 0 Å². The topological polar surface area (TPSA) is 110 Å². The zero-order valence-electron chi connectivity index (χ0n) is 18.7. The van der Waals surface area contributed by atoms with E-state index in [4.69, 9.17) is 16.1 Å². The van der Waals surface area contributed by atoms with E-state index < -0.39 is 0 Å². The van der Waals surface area contributed by atoms with Gasteiger partial charge >= 0.3 is 156 Å². The second-order valence-electron chi connectivity index (χ2n) is 8.59. The molecule has 1 saturated carbocycles. The van der Waals surface area contributed by atoms with Gasteiger partial charge in [0.2, 0.25) is 0 Å². The van der Waals surface area contributed by atoms with Crippen LogP contribution in [0.1, 0.15) is 36.1 Å². The molecule has 4 aromatic rings. The molecule has 0 radical (unpaired) electrons. The molecule has 0 aliphatic heterocycles. The summed E-state index contributed by atoms with van der Waals surface area (Å²) in [5, 5.41) is 20.0. The zero-order chi connectivity index (χ0) is 22.8. The van der Waals surface area contributed by atoms with Crippen molar-refractivity contribution < 1.29 is 0 Å². The van der Waals surface area contributed by atoms with Crippen LogP contribution in [-0.4, -0.2) is 52.1 Å². The molecule has 0 saturated heterocycles. The minimum atomic E-state index is 0.307. The molecule has 9 heteroatoms. The van der Waals surface area contributed by atoms with Crippen molar-refractivity contribution in [3.63, 3.8) is 0 Å². The molecular formula is C24H28N8Se. The molecule has 1 aromatic carbocycles. The van der Waals surface area contributed by atoms with Crippen LogP contribution in [0, 0.1) is 11.3 Å². The van der Waals surface area contributed by atoms with Gasteiger partial charge in [0.25, 0.3) is 0 Å². The number of nitrogens with zero attached hydrogens (tertiary/aromatic N) is 5. The summed E-state index contributed by atoms with van der Waals surface area (Å²) in [6.07, 6.45) is 11.5. The maximum absolute atomic E-state index is 7.77. The van der Waals surface area contributed by atoms with E-state index in [1.54, 1.807) is 4.68 Å².